The smallest absolute Gasteiger partial charge is 0.169 e. The molecule has 0 aliphatic carbocycles. The second kappa shape index (κ2) is 13.2. The monoisotopic (exact) mass is 326 g/mol. The van der Waals surface area contributed by atoms with Gasteiger partial charge in [0.15, 0.2) is 12.6 Å². The topological polar surface area (TPSA) is 36.9 Å². The molecule has 20 heavy (non-hydrogen) atoms. The summed E-state index contributed by atoms with van der Waals surface area (Å²) in [6.45, 7) is 14.8. The summed E-state index contributed by atoms with van der Waals surface area (Å²) in [5, 5.41) is 0.512. The van der Waals surface area contributed by atoms with Gasteiger partial charge in [-0.3, -0.25) is 0 Å². The van der Waals surface area contributed by atoms with Crippen LogP contribution in [0.4, 0.5) is 0 Å². The lowest BCUT2D eigenvalue weighted by Gasteiger charge is -2.26. The van der Waals surface area contributed by atoms with Crippen molar-refractivity contribution in [1.82, 2.24) is 0 Å². The Morgan fingerprint density at radius 2 is 0.850 bits per heavy atom. The van der Waals surface area contributed by atoms with Gasteiger partial charge in [0.1, 0.15) is 0 Å². The third-order valence-electron chi connectivity index (χ3n) is 2.45. The van der Waals surface area contributed by atoms with E-state index in [2.05, 4.69) is 13.8 Å². The molecule has 4 nitrogen and oxygen atoms in total. The van der Waals surface area contributed by atoms with Crippen molar-refractivity contribution in [3.8, 4) is 0 Å². The molecule has 0 saturated carbocycles. The fourth-order valence-corrected chi connectivity index (χ4v) is 4.00. The first-order valence-corrected chi connectivity index (χ1v) is 9.66. The third-order valence-corrected chi connectivity index (χ3v) is 5.77. The Morgan fingerprint density at radius 3 is 1.05 bits per heavy atom. The van der Waals surface area contributed by atoms with Crippen molar-refractivity contribution < 1.29 is 18.9 Å². The maximum Gasteiger partial charge on any atom is 0.169 e. The van der Waals surface area contributed by atoms with Crippen LogP contribution < -0.4 is 0 Å². The molecule has 2 atom stereocenters. The second-order valence-corrected chi connectivity index (χ2v) is 7.19. The van der Waals surface area contributed by atoms with E-state index in [1.807, 2.05) is 27.7 Å². The Hall–Kier alpha value is 0.540. The van der Waals surface area contributed by atoms with Crippen molar-refractivity contribution in [3.05, 3.63) is 0 Å². The van der Waals surface area contributed by atoms with Crippen LogP contribution in [-0.4, -0.2) is 49.5 Å². The Labute approximate surface area is 132 Å². The minimum atomic E-state index is -0.160. The van der Waals surface area contributed by atoms with Crippen LogP contribution in [-0.2, 0) is 18.9 Å². The third kappa shape index (κ3) is 8.74. The summed E-state index contributed by atoms with van der Waals surface area (Å²) in [4.78, 5) is 0. The maximum atomic E-state index is 5.61. The molecule has 6 heteroatoms. The minimum Gasteiger partial charge on any atom is -0.352 e. The van der Waals surface area contributed by atoms with Gasteiger partial charge in [-0.05, 0) is 41.5 Å². The van der Waals surface area contributed by atoms with Crippen molar-refractivity contribution in [2.75, 3.05) is 26.4 Å². The zero-order chi connectivity index (χ0) is 15.4. The highest BCUT2D eigenvalue weighted by molar-refractivity contribution is 8.77. The molecule has 0 bridgehead atoms. The van der Waals surface area contributed by atoms with Crippen molar-refractivity contribution in [1.29, 1.82) is 0 Å². The highest BCUT2D eigenvalue weighted by Crippen LogP contribution is 2.35. The molecular weight excluding hydrogens is 296 g/mol. The van der Waals surface area contributed by atoms with Crippen LogP contribution in [0.1, 0.15) is 41.5 Å². The molecule has 0 N–H and O–H groups in total. The Balaban J connectivity index is 4.20. The number of hydrogen-bond donors (Lipinski definition) is 0. The minimum absolute atomic E-state index is 0.160. The van der Waals surface area contributed by atoms with E-state index in [0.29, 0.717) is 26.4 Å². The van der Waals surface area contributed by atoms with Crippen LogP contribution in [0.2, 0.25) is 0 Å². The summed E-state index contributed by atoms with van der Waals surface area (Å²) in [6.07, 6.45) is -0.320. The van der Waals surface area contributed by atoms with Crippen LogP contribution in [0, 0.1) is 0 Å². The molecular formula is C14H30O4S2. The number of rotatable bonds is 13. The van der Waals surface area contributed by atoms with Crippen molar-refractivity contribution in [2.45, 2.75) is 64.6 Å². The first-order valence-electron chi connectivity index (χ1n) is 7.39. The lowest BCUT2D eigenvalue weighted by Crippen LogP contribution is -2.29. The molecule has 0 amide bonds. The molecule has 0 heterocycles. The lowest BCUT2D eigenvalue weighted by molar-refractivity contribution is -0.133. The fourth-order valence-electron chi connectivity index (χ4n) is 1.56. The van der Waals surface area contributed by atoms with Gasteiger partial charge in [0.25, 0.3) is 0 Å². The molecule has 0 spiro atoms. The molecule has 2 unspecified atom stereocenters. The van der Waals surface area contributed by atoms with Gasteiger partial charge in [0, 0.05) is 26.4 Å². The number of ether oxygens (including phenoxy) is 4. The van der Waals surface area contributed by atoms with E-state index >= 15 is 0 Å². The van der Waals surface area contributed by atoms with Crippen molar-refractivity contribution in [3.63, 3.8) is 0 Å². The largest absolute Gasteiger partial charge is 0.352 e. The molecule has 0 fully saturated rings. The lowest BCUT2D eigenvalue weighted by atomic mass is 10.4. The van der Waals surface area contributed by atoms with Gasteiger partial charge >= 0.3 is 0 Å². The summed E-state index contributed by atoms with van der Waals surface area (Å²) >= 11 is 0. The molecule has 0 aromatic rings. The number of hydrogen-bond acceptors (Lipinski definition) is 6. The Bertz CT molecular complexity index is 185. The molecule has 0 rings (SSSR count). The molecule has 0 saturated heterocycles. The van der Waals surface area contributed by atoms with E-state index in [0.717, 1.165) is 0 Å². The summed E-state index contributed by atoms with van der Waals surface area (Å²) in [5.41, 5.74) is 0. The predicted molar refractivity (Wildman–Crippen MR) is 88.2 cm³/mol. The fraction of sp³-hybridized carbons (Fsp3) is 1.00. The molecule has 0 radical (unpaired) electrons. The SMILES string of the molecule is CCOC(OCC)C(C)SSC(C)C(OCC)OCC. The van der Waals surface area contributed by atoms with Gasteiger partial charge in [-0.1, -0.05) is 21.6 Å². The summed E-state index contributed by atoms with van der Waals surface area (Å²) < 4.78 is 22.5. The normalized spacial score (nSPS) is 15.0. The van der Waals surface area contributed by atoms with Gasteiger partial charge in [-0.25, -0.2) is 0 Å². The quantitative estimate of drug-likeness (QED) is 0.377. The standard InChI is InChI=1S/C14H30O4S2/c1-7-15-13(16-8-2)11(5)19-20-12(6)14(17-9-3)18-10-4/h11-14H,7-10H2,1-6H3. The van der Waals surface area contributed by atoms with Gasteiger partial charge in [0.2, 0.25) is 0 Å². The van der Waals surface area contributed by atoms with Crippen LogP contribution >= 0.6 is 21.6 Å². The van der Waals surface area contributed by atoms with Gasteiger partial charge in [-0.15, -0.1) is 0 Å². The zero-order valence-corrected chi connectivity index (χ0v) is 15.2. The maximum absolute atomic E-state index is 5.61. The molecule has 0 aliphatic heterocycles. The molecule has 0 aromatic heterocycles. The van der Waals surface area contributed by atoms with Crippen LogP contribution in [0.15, 0.2) is 0 Å². The first kappa shape index (κ1) is 20.5. The summed E-state index contributed by atoms with van der Waals surface area (Å²) in [7, 11) is 3.52. The van der Waals surface area contributed by atoms with Gasteiger partial charge < -0.3 is 18.9 Å². The second-order valence-electron chi connectivity index (χ2n) is 4.16. The summed E-state index contributed by atoms with van der Waals surface area (Å²) in [5.74, 6) is 0. The summed E-state index contributed by atoms with van der Waals surface area (Å²) in [6, 6.07) is 0. The Kier molecular flexibility index (Phi) is 13.6. The zero-order valence-electron chi connectivity index (χ0n) is 13.6. The average Bonchev–Trinajstić information content (AvgIpc) is 2.44. The van der Waals surface area contributed by atoms with Crippen LogP contribution in [0.5, 0.6) is 0 Å². The molecule has 122 valence electrons. The van der Waals surface area contributed by atoms with Crippen molar-refractivity contribution in [2.24, 2.45) is 0 Å². The highest BCUT2D eigenvalue weighted by Gasteiger charge is 2.23. The van der Waals surface area contributed by atoms with Crippen LogP contribution in [0.25, 0.3) is 0 Å². The molecule has 0 aliphatic rings. The van der Waals surface area contributed by atoms with E-state index in [9.17, 15) is 0 Å². The highest BCUT2D eigenvalue weighted by atomic mass is 33.1. The van der Waals surface area contributed by atoms with E-state index in [1.54, 1.807) is 21.6 Å². The molecule has 0 aromatic carbocycles. The average molecular weight is 327 g/mol. The first-order chi connectivity index (χ1) is 9.60. The van der Waals surface area contributed by atoms with E-state index in [4.69, 9.17) is 18.9 Å². The van der Waals surface area contributed by atoms with Crippen LogP contribution in [0.3, 0.4) is 0 Å². The van der Waals surface area contributed by atoms with E-state index in [1.165, 1.54) is 0 Å². The van der Waals surface area contributed by atoms with Crippen molar-refractivity contribution >= 4 is 21.6 Å². The van der Waals surface area contributed by atoms with E-state index < -0.39 is 0 Å². The predicted octanol–water partition coefficient (Wildman–Crippen LogP) is 3.94. The van der Waals surface area contributed by atoms with E-state index in [-0.39, 0.29) is 23.1 Å². The van der Waals surface area contributed by atoms with Gasteiger partial charge in [0.05, 0.1) is 10.5 Å². The van der Waals surface area contributed by atoms with Gasteiger partial charge in [-0.2, -0.15) is 0 Å². The Morgan fingerprint density at radius 1 is 0.600 bits per heavy atom.